The van der Waals surface area contributed by atoms with Crippen LogP contribution in [0.1, 0.15) is 132 Å². The number of H-pyrrole nitrogens is 4. The SMILES string of the molecule is CC(C)N1CCN(c2ccc([C@@H](C)Nc3ncc(C#N)c(-c4c[nH]c5ncc(C(F)(F)F)cc45)n3)cc2)CC1.CC(Nc1ncc(C#N)c(-c2c[nH]c3ncc(C(F)(F)F)cc23)n1)c1ccc(N2CCN(C)CC2)nc1.COC(=O)Nc1ccc([C@@H](C)Nc2ncc(C#N)c(-c3c[nH]c4ncc(C(F)(F)F)cc34)n2)cc1.C[C@@H](Nc1ncc(C#N)c(-c2c[nH]c3ncc(C(F)(F)F)cc23)n1)c1ccc(N2CCN(C)CC2)c(F)c1. The number of ether oxygens (including phenoxy) is 1. The summed E-state index contributed by atoms with van der Waals surface area (Å²) in [6.07, 6.45) is -2.72. The molecule has 16 aromatic rings. The monoisotopic (exact) mass is 2050 g/mol. The number of amides is 1. The third-order valence-electron chi connectivity index (χ3n) is 25.5. The molecule has 3 aliphatic rings. The predicted octanol–water partition coefficient (Wildman–Crippen LogP) is 20.1. The molecule has 1 amide bonds. The van der Waals surface area contributed by atoms with Gasteiger partial charge in [0.2, 0.25) is 23.8 Å². The van der Waals surface area contributed by atoms with Crippen LogP contribution in [0.25, 0.3) is 89.2 Å². The molecule has 0 spiro atoms. The number of carbonyl (C=O) groups excluding carboxylic acids is 1. The normalized spacial score (nSPS) is 14.7. The lowest BCUT2D eigenvalue weighted by atomic mass is 10.1. The minimum absolute atomic E-state index is 0.0871. The van der Waals surface area contributed by atoms with E-state index in [9.17, 15) is 78.5 Å². The van der Waals surface area contributed by atoms with Gasteiger partial charge in [0.1, 0.15) is 58.5 Å². The van der Waals surface area contributed by atoms with Crippen LogP contribution in [0.15, 0.2) is 184 Å². The van der Waals surface area contributed by atoms with Gasteiger partial charge in [0.25, 0.3) is 0 Å². The number of anilines is 8. The van der Waals surface area contributed by atoms with E-state index in [1.807, 2.05) is 82.1 Å². The molecule has 0 aliphatic carbocycles. The number of nitrogens with zero attached hydrogens (tertiary/aromatic N) is 23. The van der Waals surface area contributed by atoms with Crippen LogP contribution in [-0.4, -0.2) is 211 Å². The van der Waals surface area contributed by atoms with Crippen LogP contribution >= 0.6 is 0 Å². The van der Waals surface area contributed by atoms with Crippen molar-refractivity contribution in [3.63, 3.8) is 0 Å². The van der Waals surface area contributed by atoms with Crippen molar-refractivity contribution in [2.45, 2.75) is 96.5 Å². The number of alkyl halides is 12. The van der Waals surface area contributed by atoms with E-state index in [4.69, 9.17) is 0 Å². The van der Waals surface area contributed by atoms with Gasteiger partial charge in [-0.25, -0.2) is 74.0 Å². The van der Waals surface area contributed by atoms with Crippen LogP contribution < -0.4 is 41.3 Å². The molecule has 0 bridgehead atoms. The molecule has 1 unspecified atom stereocenters. The number of hydrogen-bond donors (Lipinski definition) is 9. The van der Waals surface area contributed by atoms with Gasteiger partial charge in [-0.05, 0) is 145 Å². The Morgan fingerprint density at radius 1 is 0.369 bits per heavy atom. The van der Waals surface area contributed by atoms with E-state index in [-0.39, 0.29) is 142 Å². The lowest BCUT2D eigenvalue weighted by Gasteiger charge is -2.38. The molecule has 4 atom stereocenters. The first-order valence-corrected chi connectivity index (χ1v) is 46.7. The maximum atomic E-state index is 15.0. The van der Waals surface area contributed by atoms with Gasteiger partial charge in [-0.15, -0.1) is 0 Å². The third-order valence-corrected chi connectivity index (χ3v) is 25.5. The number of pyridine rings is 5. The van der Waals surface area contributed by atoms with Crippen LogP contribution in [0, 0.1) is 51.1 Å². The van der Waals surface area contributed by atoms with Gasteiger partial charge in [-0.2, -0.15) is 73.7 Å². The summed E-state index contributed by atoms with van der Waals surface area (Å²) >= 11 is 0. The standard InChI is InChI=1S/C28H29F3N8.C26H24F4N8.C25H24F3N9.C23H18F3N7O2/c1-17(2)38-8-10-39(11-9-38)22-6-4-19(5-7-22)18(3)36-27-35-14-20(13-32)25(37-27)24-16-34-26-23(24)12-21(15-33-26)28(29,30)31;1-15(16-3-4-22(21(27)9-16)38-7-5-37(2)6-8-38)35-25-34-12-17(11-31)23(36-25)20-14-33-24-19(20)10-18(13-32-24)26(28,29)30;1-15(16-3-4-21(30-11-16)37-7-5-36(2)6-8-37)34-24-33-12-17(10-29)22(35-24)20-14-32-23-19(20)9-18(13-31-23)25(26,27)28;1-12(13-3-5-16(6-4-13)32-22(34)35-2)31-21-30-9-14(8-27)19(33-21)18-11-29-20-17(18)7-15(10-28-20)23(24,25)26/h4-7,12,14-18H,8-11H2,1-3H3,(H,33,34)(H,35,36,37);3-4,9-10,12-15H,5-8H2,1-2H3,(H,32,33)(H,34,35,36);3-4,9,11-15H,5-8H2,1-2H3,(H,31,32)(H,33,34,35);3-7,9-12H,1-2H3,(H,28,29)(H,32,34)(H,30,31,33)/t18-;15-;;12-/m11.1/s1. The minimum atomic E-state index is -4.57. The van der Waals surface area contributed by atoms with Gasteiger partial charge in [-0.3, -0.25) is 10.2 Å². The lowest BCUT2D eigenvalue weighted by Crippen LogP contribution is -2.48. The molecular formula is C102H95F13N32O2. The Hall–Kier alpha value is -17.3. The van der Waals surface area contributed by atoms with E-state index in [1.165, 1.54) is 68.4 Å². The summed E-state index contributed by atoms with van der Waals surface area (Å²) in [6, 6.07) is 35.9. The largest absolute Gasteiger partial charge is 0.453 e. The molecule has 149 heavy (non-hydrogen) atoms. The molecule has 9 N–H and O–H groups in total. The molecule has 766 valence electrons. The minimum Gasteiger partial charge on any atom is -0.453 e. The van der Waals surface area contributed by atoms with Crippen molar-refractivity contribution in [3.8, 4) is 69.3 Å². The molecule has 3 aliphatic heterocycles. The third kappa shape index (κ3) is 24.4. The first-order chi connectivity index (χ1) is 71.2. The molecule has 3 aromatic carbocycles. The van der Waals surface area contributed by atoms with Crippen molar-refractivity contribution in [1.82, 2.24) is 99.4 Å². The first-order valence-electron chi connectivity index (χ1n) is 46.7. The summed E-state index contributed by atoms with van der Waals surface area (Å²) < 4.78 is 179. The van der Waals surface area contributed by atoms with Crippen LogP contribution in [0.4, 0.5) is 109 Å². The van der Waals surface area contributed by atoms with Crippen molar-refractivity contribution in [2.75, 3.05) is 141 Å². The van der Waals surface area contributed by atoms with Crippen LogP contribution in [0.3, 0.4) is 0 Å². The Morgan fingerprint density at radius 3 is 1.00 bits per heavy atom. The van der Waals surface area contributed by atoms with Crippen LogP contribution in [-0.2, 0) is 29.4 Å². The zero-order valence-electron chi connectivity index (χ0n) is 81.2. The van der Waals surface area contributed by atoms with Gasteiger partial charge in [0, 0.05) is 196 Å². The van der Waals surface area contributed by atoms with Gasteiger partial charge in [-0.1, -0.05) is 36.4 Å². The fourth-order valence-corrected chi connectivity index (χ4v) is 16.9. The molecule has 34 nitrogen and oxygen atoms in total. The second-order valence-corrected chi connectivity index (χ2v) is 35.7. The topological polar surface area (TPSA) is 432 Å². The first kappa shape index (κ1) is 105. The van der Waals surface area contributed by atoms with E-state index >= 15 is 4.39 Å². The zero-order chi connectivity index (χ0) is 106. The molecule has 47 heteroatoms. The number of nitriles is 4. The number of likely N-dealkylation sites (N-methyl/N-ethyl adjacent to an activating group) is 2. The fraction of sp³-hybridized carbons (Fsp3) is 0.294. The molecule has 3 fully saturated rings. The van der Waals surface area contributed by atoms with Gasteiger partial charge >= 0.3 is 30.8 Å². The van der Waals surface area contributed by atoms with E-state index in [0.29, 0.717) is 39.7 Å². The van der Waals surface area contributed by atoms with E-state index < -0.39 is 59.1 Å². The van der Waals surface area contributed by atoms with Gasteiger partial charge in [0.15, 0.2) is 0 Å². The summed E-state index contributed by atoms with van der Waals surface area (Å²) in [6.45, 7) is 23.1. The van der Waals surface area contributed by atoms with Crippen molar-refractivity contribution in [3.05, 3.63) is 256 Å². The van der Waals surface area contributed by atoms with E-state index in [0.717, 1.165) is 150 Å². The summed E-state index contributed by atoms with van der Waals surface area (Å²) in [4.78, 5) is 91.1. The lowest BCUT2D eigenvalue weighted by molar-refractivity contribution is -0.138. The van der Waals surface area contributed by atoms with Crippen molar-refractivity contribution in [1.29, 1.82) is 21.0 Å². The van der Waals surface area contributed by atoms with E-state index in [1.54, 1.807) is 36.5 Å². The number of fused-ring (bicyclic) bond motifs is 4. The Labute approximate surface area is 843 Å². The molecule has 0 radical (unpaired) electrons. The fourth-order valence-electron chi connectivity index (χ4n) is 16.9. The number of halogens is 13. The number of piperazine rings is 3. The number of rotatable bonds is 21. The number of methoxy groups -OCH3 is 1. The predicted molar refractivity (Wildman–Crippen MR) is 533 cm³/mol. The maximum absolute atomic E-state index is 15.0. The highest BCUT2D eigenvalue weighted by Crippen LogP contribution is 2.43. The second-order valence-electron chi connectivity index (χ2n) is 35.7. The van der Waals surface area contributed by atoms with Gasteiger partial charge < -0.3 is 70.4 Å². The van der Waals surface area contributed by atoms with Crippen LogP contribution in [0.5, 0.6) is 0 Å². The van der Waals surface area contributed by atoms with Crippen molar-refractivity contribution < 1.29 is 66.6 Å². The second kappa shape index (κ2) is 44.3. The number of benzene rings is 3. The van der Waals surface area contributed by atoms with Crippen molar-refractivity contribution in [2.24, 2.45) is 0 Å². The summed E-state index contributed by atoms with van der Waals surface area (Å²) in [7, 11) is 5.41. The molecular weight excluding hydrogens is 1950 g/mol. The number of hydrogen-bond acceptors (Lipinski definition) is 29. The smallest absolute Gasteiger partial charge is 0.417 e. The maximum Gasteiger partial charge on any atom is 0.417 e. The molecule has 3 saturated heterocycles. The Balaban J connectivity index is 0.000000142. The molecule has 0 saturated carbocycles. The highest BCUT2D eigenvalue weighted by molar-refractivity contribution is 5.98. The summed E-state index contributed by atoms with van der Waals surface area (Å²) in [5.41, 5.74) is 5.66. The highest BCUT2D eigenvalue weighted by Gasteiger charge is 2.37. The number of aromatic amines is 4. The Morgan fingerprint density at radius 2 is 0.685 bits per heavy atom. The van der Waals surface area contributed by atoms with E-state index in [2.05, 4.69) is 186 Å². The molecule has 13 aromatic heterocycles. The van der Waals surface area contributed by atoms with Crippen molar-refractivity contribution >= 4 is 96.9 Å². The van der Waals surface area contributed by atoms with Crippen LogP contribution in [0.2, 0.25) is 0 Å². The van der Waals surface area contributed by atoms with Gasteiger partial charge in [0.05, 0.1) is 129 Å². The quantitative estimate of drug-likeness (QED) is 0.0302. The highest BCUT2D eigenvalue weighted by atomic mass is 19.4. The average molecular weight is 2050 g/mol. The molecule has 16 heterocycles. The zero-order valence-corrected chi connectivity index (χ0v) is 81.2. The number of aromatic nitrogens is 17. The summed E-state index contributed by atoms with van der Waals surface area (Å²) in [5.74, 6) is 1.42. The number of carbonyl (C=O) groups is 1. The summed E-state index contributed by atoms with van der Waals surface area (Å²) in [5, 5.41) is 54.4. The number of nitrogens with one attached hydrogen (secondary N) is 9. The molecule has 19 rings (SSSR count). The average Bonchev–Trinajstić information content (AvgIpc) is 1.65. The Bertz CT molecular complexity index is 7690. The Kier molecular flexibility index (Phi) is 31.1.